The lowest BCUT2D eigenvalue weighted by Crippen LogP contribution is -2.41. The summed E-state index contributed by atoms with van der Waals surface area (Å²) < 4.78 is 0. The first-order valence-electron chi connectivity index (χ1n) is 7.84. The lowest BCUT2D eigenvalue weighted by molar-refractivity contribution is 0.312. The Morgan fingerprint density at radius 1 is 1.05 bits per heavy atom. The van der Waals surface area contributed by atoms with Gasteiger partial charge in [-0.25, -0.2) is 0 Å². The smallest absolute Gasteiger partial charge is 0.0432 e. The first kappa shape index (κ1) is 14.6. The normalized spacial score (nSPS) is 25.1. The van der Waals surface area contributed by atoms with E-state index < -0.39 is 0 Å². The van der Waals surface area contributed by atoms with Crippen molar-refractivity contribution < 1.29 is 0 Å². The summed E-state index contributed by atoms with van der Waals surface area (Å²) in [6.07, 6.45) is 6.50. The molecule has 2 rings (SSSR count). The molecular formula is C18H29N. The first-order chi connectivity index (χ1) is 8.98. The third-order valence-corrected chi connectivity index (χ3v) is 4.65. The molecular weight excluding hydrogens is 230 g/mol. The standard InChI is InChI=1S/C18H29N/c1-5-18(13-7-6-8-14-19-18)16-11-9-15(10-12-16)17(2,3)4/h9-12,19H,5-8,13-14H2,1-4H3. The van der Waals surface area contributed by atoms with Gasteiger partial charge < -0.3 is 5.32 Å². The number of rotatable bonds is 2. The summed E-state index contributed by atoms with van der Waals surface area (Å²) in [4.78, 5) is 0. The molecule has 1 aliphatic rings. The van der Waals surface area contributed by atoms with Crippen LogP contribution in [-0.2, 0) is 11.0 Å². The summed E-state index contributed by atoms with van der Waals surface area (Å²) in [7, 11) is 0. The average molecular weight is 259 g/mol. The van der Waals surface area contributed by atoms with E-state index >= 15 is 0 Å². The lowest BCUT2D eigenvalue weighted by Gasteiger charge is -2.34. The van der Waals surface area contributed by atoms with E-state index in [1.165, 1.54) is 43.2 Å². The van der Waals surface area contributed by atoms with Crippen LogP contribution in [0.25, 0.3) is 0 Å². The zero-order valence-corrected chi connectivity index (χ0v) is 13.1. The maximum absolute atomic E-state index is 3.82. The van der Waals surface area contributed by atoms with Gasteiger partial charge in [0.15, 0.2) is 0 Å². The molecule has 1 saturated heterocycles. The minimum Gasteiger partial charge on any atom is -0.307 e. The van der Waals surface area contributed by atoms with Gasteiger partial charge in [-0.05, 0) is 42.3 Å². The first-order valence-corrected chi connectivity index (χ1v) is 7.84. The van der Waals surface area contributed by atoms with Crippen LogP contribution in [0.2, 0.25) is 0 Å². The highest BCUT2D eigenvalue weighted by Gasteiger charge is 2.30. The van der Waals surface area contributed by atoms with Crippen LogP contribution in [0.15, 0.2) is 24.3 Å². The van der Waals surface area contributed by atoms with Crippen LogP contribution < -0.4 is 5.32 Å². The number of hydrogen-bond acceptors (Lipinski definition) is 1. The molecule has 1 heteroatoms. The van der Waals surface area contributed by atoms with Gasteiger partial charge in [-0.2, -0.15) is 0 Å². The zero-order chi connectivity index (χ0) is 13.9. The van der Waals surface area contributed by atoms with E-state index in [9.17, 15) is 0 Å². The molecule has 0 spiro atoms. The predicted molar refractivity (Wildman–Crippen MR) is 83.6 cm³/mol. The topological polar surface area (TPSA) is 12.0 Å². The Bertz CT molecular complexity index is 389. The fraction of sp³-hybridized carbons (Fsp3) is 0.667. The molecule has 1 aliphatic heterocycles. The molecule has 1 nitrogen and oxygen atoms in total. The van der Waals surface area contributed by atoms with E-state index in [4.69, 9.17) is 0 Å². The molecule has 1 N–H and O–H groups in total. The third-order valence-electron chi connectivity index (χ3n) is 4.65. The largest absolute Gasteiger partial charge is 0.307 e. The number of hydrogen-bond donors (Lipinski definition) is 1. The average Bonchev–Trinajstić information content (AvgIpc) is 2.64. The highest BCUT2D eigenvalue weighted by molar-refractivity contribution is 5.32. The van der Waals surface area contributed by atoms with Crippen LogP contribution in [0.1, 0.15) is 70.9 Å². The van der Waals surface area contributed by atoms with Gasteiger partial charge >= 0.3 is 0 Å². The Morgan fingerprint density at radius 3 is 2.32 bits per heavy atom. The predicted octanol–water partition coefficient (Wildman–Crippen LogP) is 4.75. The van der Waals surface area contributed by atoms with Crippen molar-refractivity contribution in [3.63, 3.8) is 0 Å². The molecule has 0 bridgehead atoms. The second-order valence-electron chi connectivity index (χ2n) is 7.00. The summed E-state index contributed by atoms with van der Waals surface area (Å²) in [5.41, 5.74) is 3.36. The highest BCUT2D eigenvalue weighted by atomic mass is 15.0. The number of nitrogens with one attached hydrogen (secondary N) is 1. The van der Waals surface area contributed by atoms with Gasteiger partial charge in [0.05, 0.1) is 0 Å². The van der Waals surface area contributed by atoms with Crippen molar-refractivity contribution in [2.24, 2.45) is 0 Å². The molecule has 1 aromatic rings. The molecule has 1 unspecified atom stereocenters. The molecule has 106 valence electrons. The van der Waals surface area contributed by atoms with E-state index in [1.54, 1.807) is 0 Å². The van der Waals surface area contributed by atoms with Crippen LogP contribution in [0.3, 0.4) is 0 Å². The molecule has 0 aliphatic carbocycles. The van der Waals surface area contributed by atoms with Gasteiger partial charge in [0.25, 0.3) is 0 Å². The van der Waals surface area contributed by atoms with Gasteiger partial charge in [0.1, 0.15) is 0 Å². The van der Waals surface area contributed by atoms with Crippen LogP contribution in [0, 0.1) is 0 Å². The summed E-state index contributed by atoms with van der Waals surface area (Å²) in [5.74, 6) is 0. The summed E-state index contributed by atoms with van der Waals surface area (Å²) in [6.45, 7) is 10.3. The molecule has 19 heavy (non-hydrogen) atoms. The molecule has 0 amide bonds. The van der Waals surface area contributed by atoms with Crippen LogP contribution in [0.4, 0.5) is 0 Å². The van der Waals surface area contributed by atoms with E-state index in [0.717, 1.165) is 6.54 Å². The second kappa shape index (κ2) is 5.66. The zero-order valence-electron chi connectivity index (χ0n) is 13.1. The number of benzene rings is 1. The quantitative estimate of drug-likeness (QED) is 0.808. The summed E-state index contributed by atoms with van der Waals surface area (Å²) in [5, 5.41) is 3.82. The van der Waals surface area contributed by atoms with E-state index in [2.05, 4.69) is 57.3 Å². The molecule has 0 saturated carbocycles. The van der Waals surface area contributed by atoms with Crippen molar-refractivity contribution in [1.82, 2.24) is 5.32 Å². The van der Waals surface area contributed by atoms with Gasteiger partial charge in [-0.3, -0.25) is 0 Å². The van der Waals surface area contributed by atoms with E-state index in [1.807, 2.05) is 0 Å². The van der Waals surface area contributed by atoms with Crippen molar-refractivity contribution in [3.8, 4) is 0 Å². The van der Waals surface area contributed by atoms with Crippen LogP contribution in [-0.4, -0.2) is 6.54 Å². The van der Waals surface area contributed by atoms with Crippen molar-refractivity contribution in [2.45, 2.75) is 70.8 Å². The molecule has 1 heterocycles. The Balaban J connectivity index is 2.28. The van der Waals surface area contributed by atoms with E-state index in [-0.39, 0.29) is 11.0 Å². The minimum absolute atomic E-state index is 0.215. The Hall–Kier alpha value is -0.820. The second-order valence-corrected chi connectivity index (χ2v) is 7.00. The van der Waals surface area contributed by atoms with Crippen LogP contribution >= 0.6 is 0 Å². The van der Waals surface area contributed by atoms with Crippen molar-refractivity contribution in [2.75, 3.05) is 6.54 Å². The third kappa shape index (κ3) is 3.20. The van der Waals surface area contributed by atoms with Crippen molar-refractivity contribution in [3.05, 3.63) is 35.4 Å². The molecule has 1 aromatic carbocycles. The Labute approximate surface area is 118 Å². The molecule has 1 fully saturated rings. The maximum atomic E-state index is 3.82. The SMILES string of the molecule is CCC1(c2ccc(C(C)(C)C)cc2)CCCCCN1. The van der Waals surface area contributed by atoms with Crippen LogP contribution in [0.5, 0.6) is 0 Å². The van der Waals surface area contributed by atoms with Gasteiger partial charge in [-0.15, -0.1) is 0 Å². The molecule has 0 aromatic heterocycles. The Kier molecular flexibility index (Phi) is 4.35. The maximum Gasteiger partial charge on any atom is 0.0432 e. The summed E-state index contributed by atoms with van der Waals surface area (Å²) >= 11 is 0. The monoisotopic (exact) mass is 259 g/mol. The summed E-state index contributed by atoms with van der Waals surface area (Å²) in [6, 6.07) is 9.34. The Morgan fingerprint density at radius 2 is 1.74 bits per heavy atom. The lowest BCUT2D eigenvalue weighted by atomic mass is 9.80. The minimum atomic E-state index is 0.215. The van der Waals surface area contributed by atoms with Gasteiger partial charge in [0.2, 0.25) is 0 Å². The van der Waals surface area contributed by atoms with Crippen molar-refractivity contribution >= 4 is 0 Å². The fourth-order valence-electron chi connectivity index (χ4n) is 3.19. The van der Waals surface area contributed by atoms with Gasteiger partial charge in [0, 0.05) is 5.54 Å². The van der Waals surface area contributed by atoms with E-state index in [0.29, 0.717) is 0 Å². The van der Waals surface area contributed by atoms with Crippen molar-refractivity contribution in [1.29, 1.82) is 0 Å². The fourth-order valence-corrected chi connectivity index (χ4v) is 3.19. The highest BCUT2D eigenvalue weighted by Crippen LogP contribution is 2.34. The van der Waals surface area contributed by atoms with Gasteiger partial charge in [-0.1, -0.05) is 64.8 Å². The molecule has 1 atom stereocenters. The molecule has 0 radical (unpaired) electrons.